The van der Waals surface area contributed by atoms with Gasteiger partial charge in [0.25, 0.3) is 11.8 Å². The molecule has 0 radical (unpaired) electrons. The number of carbonyl (C=O) groups excluding carboxylic acids is 2. The van der Waals surface area contributed by atoms with Gasteiger partial charge < -0.3 is 15.0 Å². The van der Waals surface area contributed by atoms with E-state index in [0.29, 0.717) is 22.0 Å². The number of rotatable bonds is 6. The lowest BCUT2D eigenvalue weighted by molar-refractivity contribution is 0.0724. The van der Waals surface area contributed by atoms with Gasteiger partial charge in [0.2, 0.25) is 5.01 Å². The molecule has 1 aliphatic rings. The van der Waals surface area contributed by atoms with Crippen molar-refractivity contribution in [1.29, 1.82) is 0 Å². The van der Waals surface area contributed by atoms with E-state index in [1.165, 1.54) is 24.3 Å². The predicted octanol–water partition coefficient (Wildman–Crippen LogP) is 4.13. The zero-order chi connectivity index (χ0) is 21.6. The van der Waals surface area contributed by atoms with Crippen molar-refractivity contribution in [3.63, 3.8) is 0 Å². The Morgan fingerprint density at radius 2 is 1.84 bits per heavy atom. The molecule has 1 saturated heterocycles. The van der Waals surface area contributed by atoms with Gasteiger partial charge in [-0.15, -0.1) is 10.2 Å². The topological polar surface area (TPSA) is 84.4 Å². The number of hydrogen-bond donors (Lipinski definition) is 1. The summed E-state index contributed by atoms with van der Waals surface area (Å²) in [5.41, 5.74) is 1.07. The molecule has 1 fully saturated rings. The second-order valence-corrected chi connectivity index (χ2v) is 8.19. The van der Waals surface area contributed by atoms with Crippen molar-refractivity contribution in [3.8, 4) is 5.75 Å². The Morgan fingerprint density at radius 1 is 1.06 bits per heavy atom. The standard InChI is InChI=1S/C22H21FN4O3S/c23-16-7-9-18(10-8-16)30-14-19-25-26-21(31-19)20(28)24-17-6-4-5-15(13-17)22(29)27-11-2-1-3-12-27/h4-10,13H,1-3,11-12,14H2,(H,24,28). The fraction of sp³-hybridized carbons (Fsp3) is 0.273. The minimum Gasteiger partial charge on any atom is -0.486 e. The third-order valence-corrected chi connectivity index (χ3v) is 5.74. The first-order valence-electron chi connectivity index (χ1n) is 10.00. The summed E-state index contributed by atoms with van der Waals surface area (Å²) in [6.45, 7) is 1.66. The predicted molar refractivity (Wildman–Crippen MR) is 115 cm³/mol. The molecule has 7 nitrogen and oxygen atoms in total. The van der Waals surface area contributed by atoms with Crippen LogP contribution in [0, 0.1) is 5.82 Å². The summed E-state index contributed by atoms with van der Waals surface area (Å²) >= 11 is 1.11. The molecule has 1 N–H and O–H groups in total. The van der Waals surface area contributed by atoms with Crippen molar-refractivity contribution in [2.75, 3.05) is 18.4 Å². The Bertz CT molecular complexity index is 1060. The van der Waals surface area contributed by atoms with Gasteiger partial charge in [-0.25, -0.2) is 4.39 Å². The molecule has 1 aliphatic heterocycles. The van der Waals surface area contributed by atoms with E-state index >= 15 is 0 Å². The van der Waals surface area contributed by atoms with E-state index in [0.717, 1.165) is 43.7 Å². The fourth-order valence-corrected chi connectivity index (χ4v) is 3.92. The highest BCUT2D eigenvalue weighted by atomic mass is 32.1. The molecule has 1 aromatic heterocycles. The first-order chi connectivity index (χ1) is 15.1. The lowest BCUT2D eigenvalue weighted by Gasteiger charge is -2.26. The number of piperidine rings is 1. The summed E-state index contributed by atoms with van der Waals surface area (Å²) in [6.07, 6.45) is 3.19. The van der Waals surface area contributed by atoms with Gasteiger partial charge in [-0.3, -0.25) is 9.59 Å². The number of carbonyl (C=O) groups is 2. The molecule has 0 unspecified atom stereocenters. The number of halogens is 1. The second kappa shape index (κ2) is 9.65. The number of nitrogens with one attached hydrogen (secondary N) is 1. The number of amides is 2. The van der Waals surface area contributed by atoms with Crippen LogP contribution in [0.25, 0.3) is 0 Å². The fourth-order valence-electron chi connectivity index (χ4n) is 3.27. The maximum absolute atomic E-state index is 12.9. The Kier molecular flexibility index (Phi) is 6.51. The monoisotopic (exact) mass is 440 g/mol. The number of hydrogen-bond acceptors (Lipinski definition) is 6. The van der Waals surface area contributed by atoms with Crippen molar-refractivity contribution in [3.05, 3.63) is 69.9 Å². The average Bonchev–Trinajstić information content (AvgIpc) is 3.28. The van der Waals surface area contributed by atoms with E-state index in [1.54, 1.807) is 24.3 Å². The maximum Gasteiger partial charge on any atom is 0.286 e. The molecule has 0 atom stereocenters. The quantitative estimate of drug-likeness (QED) is 0.623. The van der Waals surface area contributed by atoms with Gasteiger partial charge in [-0.05, 0) is 61.7 Å². The molecular weight excluding hydrogens is 419 g/mol. The van der Waals surface area contributed by atoms with Crippen LogP contribution in [0.15, 0.2) is 48.5 Å². The molecule has 31 heavy (non-hydrogen) atoms. The Hall–Kier alpha value is -3.33. The molecule has 0 aliphatic carbocycles. The summed E-state index contributed by atoms with van der Waals surface area (Å²) < 4.78 is 18.5. The van der Waals surface area contributed by atoms with Crippen LogP contribution in [0.1, 0.15) is 44.4 Å². The van der Waals surface area contributed by atoms with Gasteiger partial charge in [0.1, 0.15) is 18.2 Å². The lowest BCUT2D eigenvalue weighted by atomic mass is 10.1. The Balaban J connectivity index is 1.36. The molecule has 2 heterocycles. The molecule has 160 valence electrons. The highest BCUT2D eigenvalue weighted by Crippen LogP contribution is 2.19. The molecule has 9 heteroatoms. The number of aromatic nitrogens is 2. The molecule has 0 bridgehead atoms. The molecule has 2 amide bonds. The summed E-state index contributed by atoms with van der Waals surface area (Å²) in [6, 6.07) is 12.5. The van der Waals surface area contributed by atoms with Crippen molar-refractivity contribution < 1.29 is 18.7 Å². The third-order valence-electron chi connectivity index (χ3n) is 4.85. The van der Waals surface area contributed by atoms with E-state index in [2.05, 4.69) is 15.5 Å². The van der Waals surface area contributed by atoms with Gasteiger partial charge in [-0.2, -0.15) is 0 Å². The molecular formula is C22H21FN4O3S. The third kappa shape index (κ3) is 5.43. The van der Waals surface area contributed by atoms with Crippen LogP contribution in [0.5, 0.6) is 5.75 Å². The van der Waals surface area contributed by atoms with Crippen LogP contribution in [0.4, 0.5) is 10.1 Å². The Labute approximate surface area is 182 Å². The zero-order valence-corrected chi connectivity index (χ0v) is 17.5. The highest BCUT2D eigenvalue weighted by Gasteiger charge is 2.19. The zero-order valence-electron chi connectivity index (χ0n) is 16.7. The SMILES string of the molecule is O=C(Nc1cccc(C(=O)N2CCCCC2)c1)c1nnc(COc2ccc(F)cc2)s1. The summed E-state index contributed by atoms with van der Waals surface area (Å²) in [7, 11) is 0. The number of nitrogens with zero attached hydrogens (tertiary/aromatic N) is 3. The minimum absolute atomic E-state index is 0.0213. The van der Waals surface area contributed by atoms with E-state index in [-0.39, 0.29) is 23.3 Å². The molecule has 0 spiro atoms. The van der Waals surface area contributed by atoms with Crippen LogP contribution in [0.2, 0.25) is 0 Å². The van der Waals surface area contributed by atoms with Crippen LogP contribution in [-0.4, -0.2) is 40.0 Å². The van der Waals surface area contributed by atoms with Crippen molar-refractivity contribution >= 4 is 28.8 Å². The molecule has 2 aromatic carbocycles. The maximum atomic E-state index is 12.9. The molecule has 3 aromatic rings. The number of ether oxygens (including phenoxy) is 1. The van der Waals surface area contributed by atoms with E-state index in [4.69, 9.17) is 4.74 Å². The second-order valence-electron chi connectivity index (χ2n) is 7.13. The normalized spacial score (nSPS) is 13.6. The summed E-state index contributed by atoms with van der Waals surface area (Å²) in [5, 5.41) is 11.3. The molecule has 4 rings (SSSR count). The Morgan fingerprint density at radius 3 is 2.61 bits per heavy atom. The lowest BCUT2D eigenvalue weighted by Crippen LogP contribution is -2.35. The van der Waals surface area contributed by atoms with Crippen LogP contribution in [0.3, 0.4) is 0 Å². The van der Waals surface area contributed by atoms with E-state index in [9.17, 15) is 14.0 Å². The van der Waals surface area contributed by atoms with Gasteiger partial charge in [0, 0.05) is 24.3 Å². The van der Waals surface area contributed by atoms with Crippen LogP contribution >= 0.6 is 11.3 Å². The first-order valence-corrected chi connectivity index (χ1v) is 10.8. The van der Waals surface area contributed by atoms with Crippen LogP contribution in [-0.2, 0) is 6.61 Å². The van der Waals surface area contributed by atoms with Gasteiger partial charge >= 0.3 is 0 Å². The van der Waals surface area contributed by atoms with Crippen LogP contribution < -0.4 is 10.1 Å². The molecule has 0 saturated carbocycles. The van der Waals surface area contributed by atoms with E-state index in [1.807, 2.05) is 4.90 Å². The van der Waals surface area contributed by atoms with Crippen molar-refractivity contribution in [1.82, 2.24) is 15.1 Å². The number of likely N-dealkylation sites (tertiary alicyclic amines) is 1. The smallest absolute Gasteiger partial charge is 0.286 e. The number of benzene rings is 2. The van der Waals surface area contributed by atoms with Crippen molar-refractivity contribution in [2.24, 2.45) is 0 Å². The van der Waals surface area contributed by atoms with Crippen molar-refractivity contribution in [2.45, 2.75) is 25.9 Å². The highest BCUT2D eigenvalue weighted by molar-refractivity contribution is 7.13. The van der Waals surface area contributed by atoms with Gasteiger partial charge in [0.15, 0.2) is 5.01 Å². The first kappa shape index (κ1) is 20.9. The van der Waals surface area contributed by atoms with E-state index < -0.39 is 5.91 Å². The van der Waals surface area contributed by atoms with Gasteiger partial charge in [-0.1, -0.05) is 17.4 Å². The van der Waals surface area contributed by atoms with Gasteiger partial charge in [0.05, 0.1) is 0 Å². The summed E-state index contributed by atoms with van der Waals surface area (Å²) in [4.78, 5) is 27.1. The summed E-state index contributed by atoms with van der Waals surface area (Å²) in [5.74, 6) is -0.276. The minimum atomic E-state index is -0.409. The number of anilines is 1. The largest absolute Gasteiger partial charge is 0.486 e. The average molecular weight is 441 g/mol.